The first-order valence-corrected chi connectivity index (χ1v) is 23.7. The molecule has 0 spiro atoms. The summed E-state index contributed by atoms with van der Waals surface area (Å²) in [4.78, 5) is 18.3. The van der Waals surface area contributed by atoms with Gasteiger partial charge in [0, 0.05) is 36.2 Å². The van der Waals surface area contributed by atoms with Crippen molar-refractivity contribution in [2.45, 2.75) is 122 Å². The first-order valence-electron chi connectivity index (χ1n) is 19.0. The lowest BCUT2D eigenvalue weighted by Gasteiger charge is -2.30. The van der Waals surface area contributed by atoms with Crippen molar-refractivity contribution < 1.29 is 48.3 Å². The summed E-state index contributed by atoms with van der Waals surface area (Å²) < 4.78 is 100. The van der Waals surface area contributed by atoms with Crippen molar-refractivity contribution in [1.29, 1.82) is 0 Å². The Bertz CT molecular complexity index is 2210. The van der Waals surface area contributed by atoms with Crippen LogP contribution in [0.2, 0.25) is 0 Å². The fraction of sp³-hybridized carbons (Fsp3) is 0.525. The molecule has 1 unspecified atom stereocenters. The zero-order chi connectivity index (χ0) is 42.1. The van der Waals surface area contributed by atoms with E-state index in [-0.39, 0.29) is 29.3 Å². The van der Waals surface area contributed by atoms with Gasteiger partial charge in [-0.05, 0) is 113 Å². The molecule has 3 heterocycles. The maximum atomic E-state index is 12.2. The topological polar surface area (TPSA) is 200 Å². The molecule has 1 aromatic heterocycles. The molecule has 1 atom stereocenters. The first-order chi connectivity index (χ1) is 26.0. The molecule has 0 amide bonds. The molecule has 2 aromatic rings. The first kappa shape index (κ1) is 46.8. The number of anilines is 1. The third-order valence-corrected chi connectivity index (χ3v) is 12.5. The lowest BCUT2D eigenvalue weighted by molar-refractivity contribution is -0.684. The second-order valence-corrected chi connectivity index (χ2v) is 19.5. The minimum absolute atomic E-state index is 0.122. The SMILES string of the molecule is CC.CC(=O)CCCCCN1/C(=C/C=C/C=C/C2=Nc3c(cc(C)c[n+]3CCCS(=O)(=O)O)C2(C)C)C(C)(CCCCS(=O)(=O)O)c2cc(S(=O)(=O)O)ccc21. The van der Waals surface area contributed by atoms with E-state index in [1.165, 1.54) is 12.1 Å². The quantitative estimate of drug-likeness (QED) is 0.0561. The monoisotopic (exact) mass is 836 g/mol. The molecule has 56 heavy (non-hydrogen) atoms. The summed E-state index contributed by atoms with van der Waals surface area (Å²) >= 11 is 0. The van der Waals surface area contributed by atoms with Crippen molar-refractivity contribution in [2.75, 3.05) is 23.0 Å². The number of benzene rings is 1. The lowest BCUT2D eigenvalue weighted by Crippen LogP contribution is -2.36. The molecule has 2 aliphatic rings. The van der Waals surface area contributed by atoms with Crippen molar-refractivity contribution in [3.63, 3.8) is 0 Å². The van der Waals surface area contributed by atoms with E-state index < -0.39 is 46.9 Å². The molecule has 0 radical (unpaired) electrons. The number of aromatic nitrogens is 1. The van der Waals surface area contributed by atoms with Crippen LogP contribution in [0.5, 0.6) is 0 Å². The third kappa shape index (κ3) is 12.5. The summed E-state index contributed by atoms with van der Waals surface area (Å²) in [5, 5.41) is 0. The van der Waals surface area contributed by atoms with Gasteiger partial charge in [-0.3, -0.25) is 13.7 Å². The summed E-state index contributed by atoms with van der Waals surface area (Å²) in [6.07, 6.45) is 15.4. The molecule has 0 aliphatic carbocycles. The zero-order valence-corrected chi connectivity index (χ0v) is 36.0. The number of nitrogens with zero attached hydrogens (tertiary/aromatic N) is 3. The smallest absolute Gasteiger partial charge is 0.327 e. The number of fused-ring (bicyclic) bond motifs is 2. The van der Waals surface area contributed by atoms with E-state index in [1.54, 1.807) is 13.0 Å². The fourth-order valence-corrected chi connectivity index (χ4v) is 8.81. The average molecular weight is 837 g/mol. The molecule has 3 N–H and O–H groups in total. The Morgan fingerprint density at radius 3 is 2.12 bits per heavy atom. The summed E-state index contributed by atoms with van der Waals surface area (Å²) in [7, 11) is -12.8. The molecular weight excluding hydrogens is 779 g/mol. The minimum Gasteiger partial charge on any atom is -0.344 e. The lowest BCUT2D eigenvalue weighted by atomic mass is 9.77. The van der Waals surface area contributed by atoms with Crippen molar-refractivity contribution in [3.05, 3.63) is 83.2 Å². The van der Waals surface area contributed by atoms with E-state index in [0.717, 1.165) is 53.3 Å². The van der Waals surface area contributed by atoms with Gasteiger partial charge in [-0.2, -0.15) is 25.3 Å². The number of hydrogen-bond acceptors (Lipinski definition) is 9. The van der Waals surface area contributed by atoms with Crippen molar-refractivity contribution >= 4 is 53.4 Å². The Kier molecular flexibility index (Phi) is 16.1. The predicted octanol–water partition coefficient (Wildman–Crippen LogP) is 7.18. The van der Waals surface area contributed by atoms with Crippen LogP contribution in [0.15, 0.2) is 76.4 Å². The second-order valence-electron chi connectivity index (χ2n) is 14.9. The summed E-state index contributed by atoms with van der Waals surface area (Å²) in [5.41, 5.74) is 3.83. The van der Waals surface area contributed by atoms with Gasteiger partial charge in [0.1, 0.15) is 5.78 Å². The second kappa shape index (κ2) is 19.3. The van der Waals surface area contributed by atoms with Crippen molar-refractivity contribution in [2.24, 2.45) is 4.99 Å². The Balaban J connectivity index is 0.00000414. The van der Waals surface area contributed by atoms with Crippen LogP contribution in [0.1, 0.15) is 110 Å². The molecule has 0 bridgehead atoms. The maximum Gasteiger partial charge on any atom is 0.327 e. The molecular formula is C40H58N3O10S3+. The Hall–Kier alpha value is -3.54. The number of carbonyl (C=O) groups is 1. The Labute approximate surface area is 333 Å². The number of allylic oxidation sites excluding steroid dienone is 6. The van der Waals surface area contributed by atoms with Crippen LogP contribution in [0, 0.1) is 6.92 Å². The highest BCUT2D eigenvalue weighted by Crippen LogP contribution is 2.51. The van der Waals surface area contributed by atoms with E-state index in [4.69, 9.17) is 4.99 Å². The number of Topliss-reactive ketones (excluding diaryl/α,β-unsaturated/α-hetero) is 1. The predicted molar refractivity (Wildman–Crippen MR) is 221 cm³/mol. The van der Waals surface area contributed by atoms with Crippen LogP contribution in [0.25, 0.3) is 0 Å². The number of rotatable bonds is 19. The van der Waals surface area contributed by atoms with Crippen molar-refractivity contribution in [1.82, 2.24) is 0 Å². The Morgan fingerprint density at radius 1 is 0.839 bits per heavy atom. The van der Waals surface area contributed by atoms with Gasteiger partial charge in [-0.15, -0.1) is 0 Å². The minimum atomic E-state index is -4.52. The van der Waals surface area contributed by atoms with E-state index >= 15 is 0 Å². The molecule has 2 aliphatic heterocycles. The molecule has 16 heteroatoms. The Morgan fingerprint density at radius 2 is 1.50 bits per heavy atom. The zero-order valence-electron chi connectivity index (χ0n) is 33.5. The van der Waals surface area contributed by atoms with Gasteiger partial charge < -0.3 is 9.69 Å². The van der Waals surface area contributed by atoms with Gasteiger partial charge in [0.2, 0.25) is 0 Å². The van der Waals surface area contributed by atoms with Gasteiger partial charge in [-0.1, -0.05) is 44.9 Å². The standard InChI is InChI=1S/C38H51N3O10S3.C2H6/c1-28-25-32-36(40(27-28)21-14-24-53(46,47)48)39-34(37(32,3)4)16-9-6-10-17-35-38(5,20-11-13-23-52(43,44)45)31-26-30(54(49,50)51)18-19-33(31)41(35)22-12-7-8-15-29(2)42;1-2/h6,9-10,16-19,25-27H,7-8,11-15,20-24H2,1-5H3,(H2-,43,44,45,46,47,48,49,50,51);1-2H3/p+1. The fourth-order valence-electron chi connectivity index (χ4n) is 7.24. The van der Waals surface area contributed by atoms with E-state index in [9.17, 15) is 43.7 Å². The molecule has 13 nitrogen and oxygen atoms in total. The normalized spacial score (nSPS) is 18.6. The van der Waals surface area contributed by atoms with Gasteiger partial charge in [0.05, 0.1) is 40.1 Å². The average Bonchev–Trinajstić information content (AvgIpc) is 3.47. The number of pyridine rings is 1. The van der Waals surface area contributed by atoms with Crippen LogP contribution in [-0.4, -0.2) is 68.5 Å². The number of unbranched alkanes of at least 4 members (excludes halogenated alkanes) is 3. The van der Waals surface area contributed by atoms with Gasteiger partial charge in [-0.25, -0.2) is 4.57 Å². The summed E-state index contributed by atoms with van der Waals surface area (Å²) in [6, 6.07) is 6.56. The molecule has 0 saturated carbocycles. The van der Waals surface area contributed by atoms with Gasteiger partial charge in [0.25, 0.3) is 30.4 Å². The number of ketones is 1. The molecule has 0 fully saturated rings. The van der Waals surface area contributed by atoms with Gasteiger partial charge >= 0.3 is 5.82 Å². The van der Waals surface area contributed by atoms with Gasteiger partial charge in [0.15, 0.2) is 5.71 Å². The van der Waals surface area contributed by atoms with Crippen molar-refractivity contribution in [3.8, 4) is 0 Å². The largest absolute Gasteiger partial charge is 0.344 e. The van der Waals surface area contributed by atoms with Crippen LogP contribution >= 0.6 is 0 Å². The molecule has 4 rings (SSSR count). The van der Waals surface area contributed by atoms with Crippen LogP contribution in [0.4, 0.5) is 11.5 Å². The number of aryl methyl sites for hydroxylation is 2. The van der Waals surface area contributed by atoms with E-state index in [0.29, 0.717) is 37.9 Å². The van der Waals surface area contributed by atoms with E-state index in [1.807, 2.05) is 68.8 Å². The number of hydrogen-bond donors (Lipinski definition) is 3. The molecule has 310 valence electrons. The highest BCUT2D eigenvalue weighted by molar-refractivity contribution is 7.86. The number of aliphatic imine (C=N–C) groups is 1. The van der Waals surface area contributed by atoms with Crippen LogP contribution in [-0.2, 0) is 52.5 Å². The summed E-state index contributed by atoms with van der Waals surface area (Å²) in [5.74, 6) is 0.0924. The summed E-state index contributed by atoms with van der Waals surface area (Å²) in [6.45, 7) is 14.5. The highest BCUT2D eigenvalue weighted by Gasteiger charge is 2.44. The number of carbonyl (C=O) groups excluding carboxylic acids is 1. The third-order valence-electron chi connectivity index (χ3n) is 10.1. The highest BCUT2D eigenvalue weighted by atomic mass is 32.2. The van der Waals surface area contributed by atoms with E-state index in [2.05, 4.69) is 24.8 Å². The maximum absolute atomic E-state index is 12.2. The molecule has 0 saturated heterocycles. The van der Waals surface area contributed by atoms with Crippen LogP contribution < -0.4 is 9.47 Å². The molecule has 1 aromatic carbocycles. The van der Waals surface area contributed by atoms with Crippen LogP contribution in [0.3, 0.4) is 0 Å².